The summed E-state index contributed by atoms with van der Waals surface area (Å²) in [4.78, 5) is 12.9. The molecule has 0 aliphatic rings. The molecular weight excluding hydrogens is 360 g/mol. The van der Waals surface area contributed by atoms with Crippen LogP contribution < -0.4 is 11.1 Å². The number of nitrogens with zero attached hydrogens (tertiary/aromatic N) is 4. The highest BCUT2D eigenvalue weighted by molar-refractivity contribution is 7.15. The number of carbonyl (C=O) groups excluding carboxylic acids is 1. The zero-order valence-electron chi connectivity index (χ0n) is 14.2. The minimum absolute atomic E-state index is 0.216. The Morgan fingerprint density at radius 3 is 2.63 bits per heavy atom. The molecule has 1 unspecified atom stereocenters. The maximum atomic E-state index is 12.9. The summed E-state index contributed by atoms with van der Waals surface area (Å²) in [7, 11) is 0. The smallest absolute Gasteiger partial charge is 0.252 e. The van der Waals surface area contributed by atoms with E-state index < -0.39 is 6.04 Å². The third-order valence-electron chi connectivity index (χ3n) is 3.99. The van der Waals surface area contributed by atoms with Crippen LogP contribution in [0.1, 0.15) is 27.0 Å². The minimum Gasteiger partial charge on any atom is -0.374 e. The SMILES string of the molecule is Nc1nnc(C(NC(=O)c2cccc(-n3cccn3)c2)c2ccccc2)s1. The first-order valence-corrected chi connectivity index (χ1v) is 9.07. The summed E-state index contributed by atoms with van der Waals surface area (Å²) in [6.07, 6.45) is 3.52. The van der Waals surface area contributed by atoms with Crippen molar-refractivity contribution in [3.05, 3.63) is 89.2 Å². The number of hydrogen-bond donors (Lipinski definition) is 2. The van der Waals surface area contributed by atoms with Crippen LogP contribution in [0, 0.1) is 0 Å². The van der Waals surface area contributed by atoms with Crippen LogP contribution in [0.4, 0.5) is 5.13 Å². The molecular formula is C19H16N6OS. The molecule has 4 aromatic rings. The van der Waals surface area contributed by atoms with Gasteiger partial charge in [0.15, 0.2) is 0 Å². The van der Waals surface area contributed by atoms with Gasteiger partial charge in [-0.3, -0.25) is 4.79 Å². The predicted molar refractivity (Wildman–Crippen MR) is 104 cm³/mol. The van der Waals surface area contributed by atoms with Crippen molar-refractivity contribution < 1.29 is 4.79 Å². The molecule has 2 heterocycles. The number of nitrogens with two attached hydrogens (primary N) is 1. The summed E-state index contributed by atoms with van der Waals surface area (Å²) in [6, 6.07) is 18.3. The van der Waals surface area contributed by atoms with E-state index in [4.69, 9.17) is 5.73 Å². The Hall–Kier alpha value is -3.52. The molecule has 0 saturated heterocycles. The van der Waals surface area contributed by atoms with Crippen molar-refractivity contribution in [2.45, 2.75) is 6.04 Å². The molecule has 1 amide bonds. The van der Waals surface area contributed by atoms with E-state index in [1.165, 1.54) is 11.3 Å². The zero-order chi connectivity index (χ0) is 18.6. The number of aromatic nitrogens is 4. The van der Waals surface area contributed by atoms with Gasteiger partial charge in [-0.1, -0.05) is 47.7 Å². The lowest BCUT2D eigenvalue weighted by Gasteiger charge is -2.17. The lowest BCUT2D eigenvalue weighted by Crippen LogP contribution is -2.29. The Labute approximate surface area is 159 Å². The van der Waals surface area contributed by atoms with Crippen molar-refractivity contribution in [2.75, 3.05) is 5.73 Å². The van der Waals surface area contributed by atoms with Gasteiger partial charge in [-0.15, -0.1) is 10.2 Å². The second-order valence-electron chi connectivity index (χ2n) is 5.80. The monoisotopic (exact) mass is 376 g/mol. The highest BCUT2D eigenvalue weighted by Crippen LogP contribution is 2.26. The normalized spacial score (nSPS) is 11.9. The Morgan fingerprint density at radius 1 is 1.07 bits per heavy atom. The molecule has 0 aliphatic heterocycles. The standard InChI is InChI=1S/C19H16N6OS/c20-19-24-23-18(27-19)16(13-6-2-1-3-7-13)22-17(26)14-8-4-9-15(12-14)25-11-5-10-21-25/h1-12,16H,(H2,20,24)(H,22,26). The van der Waals surface area contributed by atoms with Gasteiger partial charge in [-0.25, -0.2) is 4.68 Å². The lowest BCUT2D eigenvalue weighted by molar-refractivity contribution is 0.0943. The van der Waals surface area contributed by atoms with Gasteiger partial charge in [-0.05, 0) is 29.8 Å². The van der Waals surface area contributed by atoms with Crippen molar-refractivity contribution in [1.82, 2.24) is 25.3 Å². The average Bonchev–Trinajstić information content (AvgIpc) is 3.39. The molecule has 134 valence electrons. The number of rotatable bonds is 5. The quantitative estimate of drug-likeness (QED) is 0.558. The highest BCUT2D eigenvalue weighted by atomic mass is 32.1. The number of hydrogen-bond acceptors (Lipinski definition) is 6. The number of nitrogen functional groups attached to an aromatic ring is 1. The summed E-state index contributed by atoms with van der Waals surface area (Å²) >= 11 is 1.26. The fourth-order valence-corrected chi connectivity index (χ4v) is 3.41. The summed E-state index contributed by atoms with van der Waals surface area (Å²) in [5.74, 6) is -0.216. The third kappa shape index (κ3) is 3.70. The van der Waals surface area contributed by atoms with Crippen molar-refractivity contribution in [3.8, 4) is 5.69 Å². The zero-order valence-corrected chi connectivity index (χ0v) is 15.0. The third-order valence-corrected chi connectivity index (χ3v) is 4.81. The van der Waals surface area contributed by atoms with Gasteiger partial charge >= 0.3 is 0 Å². The second-order valence-corrected chi connectivity index (χ2v) is 6.84. The number of anilines is 1. The fourth-order valence-electron chi connectivity index (χ4n) is 2.72. The molecule has 2 aromatic heterocycles. The first kappa shape index (κ1) is 16.9. The molecule has 0 bridgehead atoms. The van der Waals surface area contributed by atoms with Crippen LogP contribution in [0.5, 0.6) is 0 Å². The largest absolute Gasteiger partial charge is 0.374 e. The van der Waals surface area contributed by atoms with Crippen LogP contribution in [0.2, 0.25) is 0 Å². The summed E-state index contributed by atoms with van der Waals surface area (Å²) in [5.41, 5.74) is 7.98. The number of amides is 1. The van der Waals surface area contributed by atoms with E-state index in [-0.39, 0.29) is 5.91 Å². The van der Waals surface area contributed by atoms with E-state index in [1.807, 2.05) is 54.7 Å². The van der Waals surface area contributed by atoms with Crippen LogP contribution in [0.15, 0.2) is 73.1 Å². The minimum atomic E-state index is -0.429. The topological polar surface area (TPSA) is 98.7 Å². The maximum Gasteiger partial charge on any atom is 0.252 e. The van der Waals surface area contributed by atoms with Crippen LogP contribution in [0.3, 0.4) is 0 Å². The predicted octanol–water partition coefficient (Wildman–Crippen LogP) is 2.83. The van der Waals surface area contributed by atoms with Gasteiger partial charge in [0.25, 0.3) is 5.91 Å². The molecule has 0 spiro atoms. The van der Waals surface area contributed by atoms with Gasteiger partial charge in [0.1, 0.15) is 11.0 Å². The van der Waals surface area contributed by atoms with Crippen LogP contribution >= 0.6 is 11.3 Å². The van der Waals surface area contributed by atoms with Gasteiger partial charge in [0, 0.05) is 18.0 Å². The second kappa shape index (κ2) is 7.38. The van der Waals surface area contributed by atoms with Crippen molar-refractivity contribution >= 4 is 22.4 Å². The summed E-state index contributed by atoms with van der Waals surface area (Å²) in [6.45, 7) is 0. The Morgan fingerprint density at radius 2 is 1.93 bits per heavy atom. The van der Waals surface area contributed by atoms with Crippen molar-refractivity contribution in [1.29, 1.82) is 0 Å². The molecule has 0 saturated carbocycles. The van der Waals surface area contributed by atoms with Crippen molar-refractivity contribution in [3.63, 3.8) is 0 Å². The van der Waals surface area contributed by atoms with E-state index in [9.17, 15) is 4.79 Å². The van der Waals surface area contributed by atoms with Crippen molar-refractivity contribution in [2.24, 2.45) is 0 Å². The Bertz CT molecular complexity index is 1050. The maximum absolute atomic E-state index is 12.9. The molecule has 0 fully saturated rings. The van der Waals surface area contributed by atoms with Gasteiger partial charge in [-0.2, -0.15) is 5.10 Å². The van der Waals surface area contributed by atoms with Gasteiger partial charge in [0.2, 0.25) is 5.13 Å². The van der Waals surface area contributed by atoms with Crippen LogP contribution in [-0.2, 0) is 0 Å². The number of carbonyl (C=O) groups is 1. The molecule has 8 heteroatoms. The molecule has 0 radical (unpaired) electrons. The molecule has 1 atom stereocenters. The molecule has 0 aliphatic carbocycles. The highest BCUT2D eigenvalue weighted by Gasteiger charge is 2.21. The first-order valence-electron chi connectivity index (χ1n) is 8.25. The molecule has 4 rings (SSSR count). The number of nitrogens with one attached hydrogen (secondary N) is 1. The van der Waals surface area contributed by atoms with Gasteiger partial charge in [0.05, 0.1) is 5.69 Å². The lowest BCUT2D eigenvalue weighted by atomic mass is 10.1. The Balaban J connectivity index is 1.64. The van der Waals surface area contributed by atoms with Crippen LogP contribution in [-0.4, -0.2) is 25.9 Å². The summed E-state index contributed by atoms with van der Waals surface area (Å²) in [5, 5.41) is 16.2. The van der Waals surface area contributed by atoms with E-state index in [1.54, 1.807) is 23.0 Å². The molecule has 7 nitrogen and oxygen atoms in total. The average molecular weight is 376 g/mol. The Kier molecular flexibility index (Phi) is 4.63. The van der Waals surface area contributed by atoms with E-state index in [2.05, 4.69) is 20.6 Å². The first-order chi connectivity index (χ1) is 13.2. The fraction of sp³-hybridized carbons (Fsp3) is 0.0526. The van der Waals surface area contributed by atoms with E-state index in [0.29, 0.717) is 15.7 Å². The molecule has 2 aromatic carbocycles. The summed E-state index contributed by atoms with van der Waals surface area (Å²) < 4.78 is 1.71. The van der Waals surface area contributed by atoms with E-state index >= 15 is 0 Å². The van der Waals surface area contributed by atoms with Gasteiger partial charge < -0.3 is 11.1 Å². The number of benzene rings is 2. The van der Waals surface area contributed by atoms with E-state index in [0.717, 1.165) is 11.3 Å². The molecule has 3 N–H and O–H groups in total. The molecule has 27 heavy (non-hydrogen) atoms. The van der Waals surface area contributed by atoms with Crippen LogP contribution in [0.25, 0.3) is 5.69 Å².